The molecule has 0 aromatic rings. The Bertz CT molecular complexity index is 98.6. The SMILES string of the molecule is C=NO/C(=C\C)NC. The lowest BCUT2D eigenvalue weighted by atomic mass is 10.6. The highest BCUT2D eigenvalue weighted by atomic mass is 16.6. The summed E-state index contributed by atoms with van der Waals surface area (Å²) in [4.78, 5) is 4.60. The molecule has 8 heavy (non-hydrogen) atoms. The van der Waals surface area contributed by atoms with Crippen molar-refractivity contribution in [2.24, 2.45) is 5.16 Å². The van der Waals surface area contributed by atoms with Gasteiger partial charge in [-0.25, -0.2) is 0 Å². The minimum atomic E-state index is 0.611. The van der Waals surface area contributed by atoms with Crippen molar-refractivity contribution in [3.8, 4) is 0 Å². The molecule has 1 N–H and O–H groups in total. The maximum atomic E-state index is 4.60. The average molecular weight is 114 g/mol. The number of rotatable bonds is 3. The van der Waals surface area contributed by atoms with Crippen LogP contribution in [0, 0.1) is 0 Å². The minimum Gasteiger partial charge on any atom is -0.357 e. The van der Waals surface area contributed by atoms with E-state index in [2.05, 4.69) is 22.0 Å². The van der Waals surface area contributed by atoms with Crippen molar-refractivity contribution in [2.45, 2.75) is 6.92 Å². The predicted octanol–water partition coefficient (Wildman–Crippen LogP) is 0.699. The number of nitrogens with one attached hydrogen (secondary N) is 1. The molecule has 0 atom stereocenters. The number of hydrogen-bond acceptors (Lipinski definition) is 3. The van der Waals surface area contributed by atoms with Gasteiger partial charge in [-0.15, -0.1) is 0 Å². The Kier molecular flexibility index (Phi) is 3.66. The van der Waals surface area contributed by atoms with E-state index in [1.54, 1.807) is 13.1 Å². The third kappa shape index (κ3) is 2.23. The fraction of sp³-hybridized carbons (Fsp3) is 0.400. The van der Waals surface area contributed by atoms with Gasteiger partial charge in [0.05, 0.1) is 0 Å². The lowest BCUT2D eigenvalue weighted by molar-refractivity contribution is 0.211. The van der Waals surface area contributed by atoms with Crippen molar-refractivity contribution in [1.29, 1.82) is 0 Å². The summed E-state index contributed by atoms with van der Waals surface area (Å²) in [5.74, 6) is 0.611. The van der Waals surface area contributed by atoms with Crippen LogP contribution in [0.4, 0.5) is 0 Å². The first-order valence-corrected chi connectivity index (χ1v) is 2.32. The van der Waals surface area contributed by atoms with Crippen LogP contribution in [0.5, 0.6) is 0 Å². The first kappa shape index (κ1) is 7.01. The van der Waals surface area contributed by atoms with Crippen LogP contribution in [-0.2, 0) is 4.84 Å². The molecule has 3 heteroatoms. The summed E-state index contributed by atoms with van der Waals surface area (Å²) < 4.78 is 0. The summed E-state index contributed by atoms with van der Waals surface area (Å²) >= 11 is 0. The molecular weight excluding hydrogens is 104 g/mol. The molecule has 0 aliphatic rings. The highest BCUT2D eigenvalue weighted by Gasteiger charge is 1.84. The molecule has 0 amide bonds. The van der Waals surface area contributed by atoms with E-state index in [-0.39, 0.29) is 0 Å². The van der Waals surface area contributed by atoms with E-state index < -0.39 is 0 Å². The van der Waals surface area contributed by atoms with Gasteiger partial charge in [0.25, 0.3) is 0 Å². The fourth-order valence-corrected chi connectivity index (χ4v) is 0.312. The zero-order chi connectivity index (χ0) is 6.41. The lowest BCUT2D eigenvalue weighted by Gasteiger charge is -1.98. The minimum absolute atomic E-state index is 0.611. The number of allylic oxidation sites excluding steroid dienone is 1. The van der Waals surface area contributed by atoms with Crippen molar-refractivity contribution in [3.63, 3.8) is 0 Å². The molecule has 0 heterocycles. The second-order valence-corrected chi connectivity index (χ2v) is 1.12. The molecule has 0 saturated carbocycles. The van der Waals surface area contributed by atoms with E-state index in [9.17, 15) is 0 Å². The van der Waals surface area contributed by atoms with Crippen LogP contribution in [0.15, 0.2) is 17.1 Å². The Balaban J connectivity index is 3.53. The van der Waals surface area contributed by atoms with Crippen molar-refractivity contribution < 1.29 is 4.84 Å². The van der Waals surface area contributed by atoms with E-state index in [0.29, 0.717) is 5.88 Å². The van der Waals surface area contributed by atoms with Gasteiger partial charge in [0, 0.05) is 13.8 Å². The summed E-state index contributed by atoms with van der Waals surface area (Å²) in [6.07, 6.45) is 1.76. The summed E-state index contributed by atoms with van der Waals surface area (Å²) in [5.41, 5.74) is 0. The van der Waals surface area contributed by atoms with Crippen LogP contribution in [0.1, 0.15) is 6.92 Å². The first-order valence-electron chi connectivity index (χ1n) is 2.32. The first-order chi connectivity index (χ1) is 3.85. The van der Waals surface area contributed by atoms with Crippen LogP contribution in [-0.4, -0.2) is 13.8 Å². The van der Waals surface area contributed by atoms with Crippen LogP contribution < -0.4 is 5.32 Å². The monoisotopic (exact) mass is 114 g/mol. The van der Waals surface area contributed by atoms with E-state index in [0.717, 1.165) is 0 Å². The lowest BCUT2D eigenvalue weighted by Crippen LogP contribution is -2.05. The second-order valence-electron chi connectivity index (χ2n) is 1.12. The Morgan fingerprint density at radius 3 is 2.62 bits per heavy atom. The van der Waals surface area contributed by atoms with Crippen molar-refractivity contribution in [2.75, 3.05) is 7.05 Å². The normalized spacial score (nSPS) is 10.5. The number of oxime groups is 1. The van der Waals surface area contributed by atoms with Crippen LogP contribution in [0.2, 0.25) is 0 Å². The summed E-state index contributed by atoms with van der Waals surface area (Å²) in [5, 5.41) is 5.95. The number of nitrogens with zero attached hydrogens (tertiary/aromatic N) is 1. The molecule has 0 aromatic carbocycles. The van der Waals surface area contributed by atoms with Crippen molar-refractivity contribution in [3.05, 3.63) is 12.0 Å². The molecule has 0 aliphatic heterocycles. The number of hydrogen-bond donors (Lipinski definition) is 1. The molecule has 0 radical (unpaired) electrons. The third-order valence-corrected chi connectivity index (χ3v) is 0.671. The topological polar surface area (TPSA) is 33.6 Å². The van der Waals surface area contributed by atoms with Gasteiger partial charge in [-0.3, -0.25) is 0 Å². The molecule has 0 aromatic heterocycles. The van der Waals surface area contributed by atoms with E-state index in [1.165, 1.54) is 0 Å². The van der Waals surface area contributed by atoms with Gasteiger partial charge in [-0.05, 0) is 13.0 Å². The smallest absolute Gasteiger partial charge is 0.218 e. The Morgan fingerprint density at radius 1 is 1.88 bits per heavy atom. The molecule has 0 bridgehead atoms. The van der Waals surface area contributed by atoms with Crippen LogP contribution in [0.25, 0.3) is 0 Å². The summed E-state index contributed by atoms with van der Waals surface area (Å²) in [6.45, 7) is 4.99. The van der Waals surface area contributed by atoms with Crippen LogP contribution >= 0.6 is 0 Å². The van der Waals surface area contributed by atoms with E-state index in [4.69, 9.17) is 0 Å². The zero-order valence-corrected chi connectivity index (χ0v) is 5.14. The zero-order valence-electron chi connectivity index (χ0n) is 5.14. The molecule has 0 saturated heterocycles. The van der Waals surface area contributed by atoms with Crippen molar-refractivity contribution in [1.82, 2.24) is 5.32 Å². The fourth-order valence-electron chi connectivity index (χ4n) is 0.312. The highest BCUT2D eigenvalue weighted by molar-refractivity contribution is 5.21. The van der Waals surface area contributed by atoms with Crippen LogP contribution in [0.3, 0.4) is 0 Å². The molecular formula is C5H10N2O. The van der Waals surface area contributed by atoms with Gasteiger partial charge in [-0.2, -0.15) is 0 Å². The largest absolute Gasteiger partial charge is 0.357 e. The average Bonchev–Trinajstić information content (AvgIpc) is 1.83. The molecule has 0 rings (SSSR count). The second kappa shape index (κ2) is 4.18. The van der Waals surface area contributed by atoms with Gasteiger partial charge in [-0.1, -0.05) is 5.16 Å². The molecule has 3 nitrogen and oxygen atoms in total. The van der Waals surface area contributed by atoms with Gasteiger partial charge in [0.15, 0.2) is 0 Å². The van der Waals surface area contributed by atoms with Gasteiger partial charge >= 0.3 is 0 Å². The summed E-state index contributed by atoms with van der Waals surface area (Å²) in [7, 11) is 1.75. The maximum absolute atomic E-state index is 4.60. The standard InChI is InChI=1S/C5H10N2O/c1-4-5(6-2)8-7-3/h4,6H,3H2,1-2H3/b5-4-. The van der Waals surface area contributed by atoms with Crippen molar-refractivity contribution >= 4 is 6.72 Å². The molecule has 46 valence electrons. The third-order valence-electron chi connectivity index (χ3n) is 0.671. The Hall–Kier alpha value is -0.990. The molecule has 0 fully saturated rings. The maximum Gasteiger partial charge on any atom is 0.218 e. The summed E-state index contributed by atoms with van der Waals surface area (Å²) in [6, 6.07) is 0. The van der Waals surface area contributed by atoms with E-state index >= 15 is 0 Å². The molecule has 0 unspecified atom stereocenters. The Labute approximate surface area is 49.0 Å². The van der Waals surface area contributed by atoms with Gasteiger partial charge < -0.3 is 10.2 Å². The molecule has 0 aliphatic carbocycles. The predicted molar refractivity (Wildman–Crippen MR) is 33.5 cm³/mol. The Morgan fingerprint density at radius 2 is 2.50 bits per heavy atom. The van der Waals surface area contributed by atoms with Gasteiger partial charge in [0.1, 0.15) is 0 Å². The molecule has 0 spiro atoms. The van der Waals surface area contributed by atoms with E-state index in [1.807, 2.05) is 6.92 Å². The highest BCUT2D eigenvalue weighted by Crippen LogP contribution is 1.87. The van der Waals surface area contributed by atoms with Gasteiger partial charge in [0.2, 0.25) is 5.88 Å². The quantitative estimate of drug-likeness (QED) is 0.333.